The van der Waals surface area contributed by atoms with Crippen LogP contribution in [0.2, 0.25) is 0 Å². The van der Waals surface area contributed by atoms with E-state index in [1.165, 1.54) is 24.8 Å². The zero-order valence-corrected chi connectivity index (χ0v) is 12.8. The van der Waals surface area contributed by atoms with Crippen LogP contribution in [0.15, 0.2) is 30.3 Å². The van der Waals surface area contributed by atoms with Gasteiger partial charge in [0, 0.05) is 18.6 Å². The van der Waals surface area contributed by atoms with Gasteiger partial charge in [-0.3, -0.25) is 4.90 Å². The molecule has 0 bridgehead atoms. The van der Waals surface area contributed by atoms with Gasteiger partial charge in [0.05, 0.1) is 0 Å². The van der Waals surface area contributed by atoms with Crippen LogP contribution in [-0.4, -0.2) is 23.5 Å². The summed E-state index contributed by atoms with van der Waals surface area (Å²) in [5, 5.41) is 0. The molecule has 110 valence electrons. The number of rotatable bonds is 3. The van der Waals surface area contributed by atoms with E-state index in [1.807, 2.05) is 0 Å². The smallest absolute Gasteiger partial charge is 0.0239 e. The zero-order valence-electron chi connectivity index (χ0n) is 12.8. The van der Waals surface area contributed by atoms with E-state index >= 15 is 0 Å². The van der Waals surface area contributed by atoms with Crippen LogP contribution in [0.25, 0.3) is 0 Å². The highest BCUT2D eigenvalue weighted by atomic mass is 15.2. The van der Waals surface area contributed by atoms with Gasteiger partial charge < -0.3 is 5.73 Å². The standard InChI is InChI=1S/C18H28N2/c1-13-8-17-9-16(11-19)10-18(17)14(2)20(13)12-15-6-4-3-5-7-15/h3-7,13-14,16-18H,8-12,19H2,1-2H3/t13-,14+,16?,17?,18?/m1/s1. The summed E-state index contributed by atoms with van der Waals surface area (Å²) < 4.78 is 0. The van der Waals surface area contributed by atoms with Crippen molar-refractivity contribution in [3.8, 4) is 0 Å². The highest BCUT2D eigenvalue weighted by molar-refractivity contribution is 5.15. The first-order valence-corrected chi connectivity index (χ1v) is 8.18. The van der Waals surface area contributed by atoms with E-state index in [1.54, 1.807) is 0 Å². The first-order valence-electron chi connectivity index (χ1n) is 8.18. The summed E-state index contributed by atoms with van der Waals surface area (Å²) in [6.45, 7) is 6.83. The quantitative estimate of drug-likeness (QED) is 0.915. The SMILES string of the molecule is C[C@@H]1CC2CC(CN)CC2[C@H](C)N1Cc1ccccc1. The van der Waals surface area contributed by atoms with Crippen molar-refractivity contribution < 1.29 is 0 Å². The number of hydrogen-bond acceptors (Lipinski definition) is 2. The summed E-state index contributed by atoms with van der Waals surface area (Å²) in [6.07, 6.45) is 4.08. The van der Waals surface area contributed by atoms with Crippen LogP contribution in [0.4, 0.5) is 0 Å². The molecule has 1 aliphatic carbocycles. The fraction of sp³-hybridized carbons (Fsp3) is 0.667. The van der Waals surface area contributed by atoms with Crippen LogP contribution >= 0.6 is 0 Å². The maximum atomic E-state index is 5.91. The van der Waals surface area contributed by atoms with Crippen LogP contribution in [0.5, 0.6) is 0 Å². The topological polar surface area (TPSA) is 29.3 Å². The van der Waals surface area contributed by atoms with Gasteiger partial charge in [-0.05, 0) is 63.0 Å². The highest BCUT2D eigenvalue weighted by Gasteiger charge is 2.44. The summed E-state index contributed by atoms with van der Waals surface area (Å²) >= 11 is 0. The molecular formula is C18H28N2. The van der Waals surface area contributed by atoms with Gasteiger partial charge in [-0.15, -0.1) is 0 Å². The Labute approximate surface area is 123 Å². The van der Waals surface area contributed by atoms with E-state index < -0.39 is 0 Å². The number of benzene rings is 1. The average Bonchev–Trinajstić information content (AvgIpc) is 2.88. The predicted octanol–water partition coefficient (Wildman–Crippen LogP) is 3.27. The van der Waals surface area contributed by atoms with E-state index in [0.717, 1.165) is 30.8 Å². The van der Waals surface area contributed by atoms with Crippen LogP contribution in [0.1, 0.15) is 38.7 Å². The molecule has 1 saturated carbocycles. The lowest BCUT2D eigenvalue weighted by Gasteiger charge is -2.46. The fourth-order valence-electron chi connectivity index (χ4n) is 4.65. The molecule has 3 rings (SSSR count). The van der Waals surface area contributed by atoms with Gasteiger partial charge in [0.2, 0.25) is 0 Å². The third-order valence-corrected chi connectivity index (χ3v) is 5.74. The molecule has 1 heterocycles. The van der Waals surface area contributed by atoms with Gasteiger partial charge in [-0.1, -0.05) is 30.3 Å². The Hall–Kier alpha value is -0.860. The lowest BCUT2D eigenvalue weighted by molar-refractivity contribution is 0.0238. The largest absolute Gasteiger partial charge is 0.330 e. The lowest BCUT2D eigenvalue weighted by Crippen LogP contribution is -2.50. The molecule has 2 aliphatic rings. The Bertz CT molecular complexity index is 430. The number of hydrogen-bond donors (Lipinski definition) is 1. The monoisotopic (exact) mass is 272 g/mol. The van der Waals surface area contributed by atoms with Crippen molar-refractivity contribution in [2.45, 2.75) is 51.7 Å². The Kier molecular flexibility index (Phi) is 4.13. The Morgan fingerprint density at radius 1 is 1.10 bits per heavy atom. The molecular weight excluding hydrogens is 244 g/mol. The molecule has 0 amide bonds. The van der Waals surface area contributed by atoms with E-state index in [-0.39, 0.29) is 0 Å². The zero-order chi connectivity index (χ0) is 14.1. The first kappa shape index (κ1) is 14.1. The van der Waals surface area contributed by atoms with Gasteiger partial charge in [0.1, 0.15) is 0 Å². The van der Waals surface area contributed by atoms with Crippen LogP contribution in [0, 0.1) is 17.8 Å². The van der Waals surface area contributed by atoms with Crippen molar-refractivity contribution in [2.24, 2.45) is 23.5 Å². The van der Waals surface area contributed by atoms with E-state index in [2.05, 4.69) is 49.1 Å². The molecule has 3 unspecified atom stereocenters. The van der Waals surface area contributed by atoms with E-state index in [0.29, 0.717) is 12.1 Å². The van der Waals surface area contributed by atoms with E-state index in [9.17, 15) is 0 Å². The predicted molar refractivity (Wildman–Crippen MR) is 84.3 cm³/mol. The third-order valence-electron chi connectivity index (χ3n) is 5.74. The second-order valence-corrected chi connectivity index (χ2v) is 6.98. The minimum atomic E-state index is 0.695. The molecule has 2 nitrogen and oxygen atoms in total. The van der Waals surface area contributed by atoms with Gasteiger partial charge in [0.15, 0.2) is 0 Å². The fourth-order valence-corrected chi connectivity index (χ4v) is 4.65. The molecule has 2 heteroatoms. The summed E-state index contributed by atoms with van der Waals surface area (Å²) in [5.41, 5.74) is 7.36. The lowest BCUT2D eigenvalue weighted by atomic mass is 9.79. The van der Waals surface area contributed by atoms with Gasteiger partial charge in [-0.2, -0.15) is 0 Å². The van der Waals surface area contributed by atoms with Crippen LogP contribution in [-0.2, 0) is 6.54 Å². The number of likely N-dealkylation sites (tertiary alicyclic amines) is 1. The number of piperidine rings is 1. The Morgan fingerprint density at radius 2 is 1.85 bits per heavy atom. The van der Waals surface area contributed by atoms with Crippen molar-refractivity contribution in [1.29, 1.82) is 0 Å². The average molecular weight is 272 g/mol. The summed E-state index contributed by atoms with van der Waals surface area (Å²) in [6, 6.07) is 12.3. The van der Waals surface area contributed by atoms with E-state index in [4.69, 9.17) is 5.73 Å². The number of fused-ring (bicyclic) bond motifs is 1. The van der Waals surface area contributed by atoms with Crippen molar-refractivity contribution in [3.05, 3.63) is 35.9 Å². The Balaban J connectivity index is 1.72. The normalized spacial score (nSPS) is 37.9. The number of nitrogens with two attached hydrogens (primary N) is 1. The molecule has 0 radical (unpaired) electrons. The van der Waals surface area contributed by atoms with Gasteiger partial charge >= 0.3 is 0 Å². The molecule has 1 aliphatic heterocycles. The maximum Gasteiger partial charge on any atom is 0.0239 e. The summed E-state index contributed by atoms with van der Waals surface area (Å²) in [7, 11) is 0. The van der Waals surface area contributed by atoms with Crippen molar-refractivity contribution in [1.82, 2.24) is 4.90 Å². The van der Waals surface area contributed by atoms with Gasteiger partial charge in [-0.25, -0.2) is 0 Å². The van der Waals surface area contributed by atoms with Crippen molar-refractivity contribution in [2.75, 3.05) is 6.54 Å². The van der Waals surface area contributed by atoms with Crippen molar-refractivity contribution >= 4 is 0 Å². The minimum Gasteiger partial charge on any atom is -0.330 e. The second-order valence-electron chi connectivity index (χ2n) is 6.98. The molecule has 2 N–H and O–H groups in total. The molecule has 0 spiro atoms. The summed E-state index contributed by atoms with van der Waals surface area (Å²) in [4.78, 5) is 2.72. The molecule has 20 heavy (non-hydrogen) atoms. The third kappa shape index (κ3) is 2.64. The molecule has 0 aromatic heterocycles. The minimum absolute atomic E-state index is 0.695. The molecule has 2 fully saturated rings. The maximum absolute atomic E-state index is 5.91. The van der Waals surface area contributed by atoms with Crippen molar-refractivity contribution in [3.63, 3.8) is 0 Å². The number of nitrogens with zero attached hydrogens (tertiary/aromatic N) is 1. The molecule has 1 aromatic carbocycles. The van der Waals surface area contributed by atoms with Gasteiger partial charge in [0.25, 0.3) is 0 Å². The second kappa shape index (κ2) is 5.87. The molecule has 5 atom stereocenters. The Morgan fingerprint density at radius 3 is 2.55 bits per heavy atom. The summed E-state index contributed by atoms with van der Waals surface area (Å²) in [5.74, 6) is 2.56. The highest BCUT2D eigenvalue weighted by Crippen LogP contribution is 2.46. The molecule has 1 saturated heterocycles. The van der Waals surface area contributed by atoms with Crippen LogP contribution in [0.3, 0.4) is 0 Å². The first-order chi connectivity index (χ1) is 9.69. The molecule has 1 aromatic rings. The van der Waals surface area contributed by atoms with Crippen LogP contribution < -0.4 is 5.73 Å².